The molecule has 0 bridgehead atoms. The maximum Gasteiger partial charge on any atom is 0.197 e. The molecule has 0 aliphatic rings. The van der Waals surface area contributed by atoms with Gasteiger partial charge in [0.2, 0.25) is 0 Å². The third kappa shape index (κ3) is 3.36. The van der Waals surface area contributed by atoms with E-state index in [1.807, 2.05) is 0 Å². The minimum Gasteiger partial charge on any atom is -0.507 e. The summed E-state index contributed by atoms with van der Waals surface area (Å²) in [5, 5.41) is 13.8. The van der Waals surface area contributed by atoms with Gasteiger partial charge in [-0.15, -0.1) is 5.10 Å². The first-order valence-electron chi connectivity index (χ1n) is 5.38. The first kappa shape index (κ1) is 13.6. The van der Waals surface area contributed by atoms with Gasteiger partial charge in [-0.05, 0) is 36.7 Å². The summed E-state index contributed by atoms with van der Waals surface area (Å²) in [5.74, 6) is -0.0819. The highest BCUT2D eigenvalue weighted by atomic mass is 35.5. The number of rotatable bonds is 4. The number of benzene rings is 1. The largest absolute Gasteiger partial charge is 0.507 e. The number of aliphatic imine (C=N–C) groups is 1. The van der Waals surface area contributed by atoms with Crippen molar-refractivity contribution >= 4 is 35.1 Å². The molecule has 0 amide bonds. The lowest BCUT2D eigenvalue weighted by atomic mass is 10.2. The van der Waals surface area contributed by atoms with Gasteiger partial charge < -0.3 is 5.11 Å². The maximum absolute atomic E-state index is 11.8. The zero-order valence-electron chi connectivity index (χ0n) is 10.00. The number of ketones is 1. The smallest absolute Gasteiger partial charge is 0.197 e. The molecular formula is C12H10ClN3O2S. The van der Waals surface area contributed by atoms with Gasteiger partial charge in [0.15, 0.2) is 5.78 Å². The second kappa shape index (κ2) is 5.90. The van der Waals surface area contributed by atoms with Gasteiger partial charge in [-0.2, -0.15) is 0 Å². The van der Waals surface area contributed by atoms with Crippen LogP contribution in [-0.4, -0.2) is 33.2 Å². The Morgan fingerprint density at radius 1 is 1.58 bits per heavy atom. The average molecular weight is 296 g/mol. The molecule has 19 heavy (non-hydrogen) atoms. The number of phenolic OH excluding ortho intramolecular Hbond substituents is 1. The van der Waals surface area contributed by atoms with Crippen molar-refractivity contribution in [1.29, 1.82) is 0 Å². The Bertz CT molecular complexity index is 640. The quantitative estimate of drug-likeness (QED) is 0.694. The molecule has 0 aliphatic carbocycles. The molecule has 98 valence electrons. The number of hydrogen-bond acceptors (Lipinski definition) is 6. The van der Waals surface area contributed by atoms with Crippen LogP contribution >= 0.6 is 23.1 Å². The number of aromatic nitrogens is 2. The SMILES string of the molecule is Cc1nnsc1C(=O)CN=Cc1cc(Cl)ccc1O. The lowest BCUT2D eigenvalue weighted by Crippen LogP contribution is -2.03. The third-order valence-corrected chi connectivity index (χ3v) is 3.46. The standard InChI is InChI=1S/C12H10ClN3O2S/c1-7-12(19-16-15-7)11(18)6-14-5-8-4-9(13)2-3-10(8)17/h2-5,17H,6H2,1H3. The van der Waals surface area contributed by atoms with Crippen molar-refractivity contribution in [3.8, 4) is 5.75 Å². The summed E-state index contributed by atoms with van der Waals surface area (Å²) >= 11 is 6.86. The van der Waals surface area contributed by atoms with E-state index in [-0.39, 0.29) is 18.1 Å². The molecule has 5 nitrogen and oxygen atoms in total. The molecule has 0 saturated heterocycles. The van der Waals surface area contributed by atoms with E-state index in [2.05, 4.69) is 14.6 Å². The van der Waals surface area contributed by atoms with E-state index >= 15 is 0 Å². The fraction of sp³-hybridized carbons (Fsp3) is 0.167. The molecule has 0 fully saturated rings. The van der Waals surface area contributed by atoms with Crippen LogP contribution in [0.1, 0.15) is 20.9 Å². The van der Waals surface area contributed by atoms with Crippen LogP contribution in [0.25, 0.3) is 0 Å². The number of nitrogens with zero attached hydrogens (tertiary/aromatic N) is 3. The lowest BCUT2D eigenvalue weighted by Gasteiger charge is -1.98. The summed E-state index contributed by atoms with van der Waals surface area (Å²) in [7, 11) is 0. The van der Waals surface area contributed by atoms with Gasteiger partial charge in [0, 0.05) is 16.8 Å². The van der Waals surface area contributed by atoms with E-state index in [9.17, 15) is 9.90 Å². The molecule has 1 aromatic carbocycles. The van der Waals surface area contributed by atoms with Gasteiger partial charge in [-0.3, -0.25) is 9.79 Å². The molecule has 1 heterocycles. The van der Waals surface area contributed by atoms with Gasteiger partial charge in [0.05, 0.1) is 5.69 Å². The Morgan fingerprint density at radius 3 is 3.05 bits per heavy atom. The normalized spacial score (nSPS) is 11.1. The van der Waals surface area contributed by atoms with Crippen LogP contribution < -0.4 is 0 Å². The number of aromatic hydroxyl groups is 1. The van der Waals surface area contributed by atoms with Crippen molar-refractivity contribution in [2.75, 3.05) is 6.54 Å². The molecule has 2 rings (SSSR count). The predicted octanol–water partition coefficient (Wildman–Crippen LogP) is 2.51. The average Bonchev–Trinajstić information content (AvgIpc) is 2.80. The molecule has 1 aromatic heterocycles. The van der Waals surface area contributed by atoms with Crippen LogP contribution in [-0.2, 0) is 0 Å². The summed E-state index contributed by atoms with van der Waals surface area (Å²) in [4.78, 5) is 16.3. The minimum atomic E-state index is -0.148. The number of Topliss-reactive ketones (excluding diaryl/α,β-unsaturated/α-hetero) is 1. The van der Waals surface area contributed by atoms with Crippen LogP contribution in [0.5, 0.6) is 5.75 Å². The second-order valence-electron chi connectivity index (χ2n) is 3.78. The van der Waals surface area contributed by atoms with Crippen molar-refractivity contribution in [3.05, 3.63) is 39.4 Å². The molecule has 7 heteroatoms. The number of carbonyl (C=O) groups excluding carboxylic acids is 1. The summed E-state index contributed by atoms with van der Waals surface area (Å²) in [6.45, 7) is 1.71. The molecule has 1 N–H and O–H groups in total. The minimum absolute atomic E-state index is 0.0172. The predicted molar refractivity (Wildman–Crippen MR) is 74.6 cm³/mol. The number of aryl methyl sites for hydroxylation is 1. The summed E-state index contributed by atoms with van der Waals surface area (Å²) in [6, 6.07) is 4.62. The van der Waals surface area contributed by atoms with Gasteiger partial charge in [0.1, 0.15) is 17.2 Å². The van der Waals surface area contributed by atoms with E-state index in [4.69, 9.17) is 11.6 Å². The molecule has 2 aromatic rings. The lowest BCUT2D eigenvalue weighted by molar-refractivity contribution is 0.100. The fourth-order valence-electron chi connectivity index (χ4n) is 1.41. The number of carbonyl (C=O) groups is 1. The molecule has 0 atom stereocenters. The number of hydrogen-bond donors (Lipinski definition) is 1. The monoisotopic (exact) mass is 295 g/mol. The second-order valence-corrected chi connectivity index (χ2v) is 4.97. The molecule has 0 spiro atoms. The van der Waals surface area contributed by atoms with Gasteiger partial charge in [0.25, 0.3) is 0 Å². The molecular weight excluding hydrogens is 286 g/mol. The maximum atomic E-state index is 11.8. The summed E-state index contributed by atoms with van der Waals surface area (Å²) in [6.07, 6.45) is 1.42. The first-order chi connectivity index (χ1) is 9.08. The number of phenols is 1. The molecule has 0 saturated carbocycles. The van der Waals surface area contributed by atoms with Crippen molar-refractivity contribution in [2.45, 2.75) is 6.92 Å². The van der Waals surface area contributed by atoms with E-state index in [1.54, 1.807) is 19.1 Å². The van der Waals surface area contributed by atoms with E-state index in [1.165, 1.54) is 12.3 Å². The van der Waals surface area contributed by atoms with E-state index in [0.717, 1.165) is 11.5 Å². The zero-order chi connectivity index (χ0) is 13.8. The zero-order valence-corrected chi connectivity index (χ0v) is 11.6. The number of halogens is 1. The van der Waals surface area contributed by atoms with Crippen LogP contribution in [0.3, 0.4) is 0 Å². The van der Waals surface area contributed by atoms with Crippen LogP contribution in [0.15, 0.2) is 23.2 Å². The van der Waals surface area contributed by atoms with Crippen LogP contribution in [0, 0.1) is 6.92 Å². The Labute approximate surface area is 118 Å². The van der Waals surface area contributed by atoms with Gasteiger partial charge >= 0.3 is 0 Å². The topological polar surface area (TPSA) is 75.4 Å². The Hall–Kier alpha value is -1.79. The van der Waals surface area contributed by atoms with Crippen molar-refractivity contribution < 1.29 is 9.90 Å². The Morgan fingerprint density at radius 2 is 2.37 bits per heavy atom. The highest BCUT2D eigenvalue weighted by Crippen LogP contribution is 2.19. The van der Waals surface area contributed by atoms with Crippen molar-refractivity contribution in [1.82, 2.24) is 9.59 Å². The molecule has 0 radical (unpaired) electrons. The third-order valence-electron chi connectivity index (χ3n) is 2.36. The van der Waals surface area contributed by atoms with Gasteiger partial charge in [-0.1, -0.05) is 16.1 Å². The van der Waals surface area contributed by atoms with Gasteiger partial charge in [-0.25, -0.2) is 0 Å². The summed E-state index contributed by atoms with van der Waals surface area (Å²) < 4.78 is 3.70. The Kier molecular flexibility index (Phi) is 4.24. The Balaban J connectivity index is 2.06. The van der Waals surface area contributed by atoms with Crippen molar-refractivity contribution in [3.63, 3.8) is 0 Å². The van der Waals surface area contributed by atoms with Crippen molar-refractivity contribution in [2.24, 2.45) is 4.99 Å². The molecule has 0 aliphatic heterocycles. The van der Waals surface area contributed by atoms with Crippen LogP contribution in [0.4, 0.5) is 0 Å². The van der Waals surface area contributed by atoms with E-state index in [0.29, 0.717) is 21.2 Å². The van der Waals surface area contributed by atoms with E-state index < -0.39 is 0 Å². The highest BCUT2D eigenvalue weighted by Gasteiger charge is 2.11. The molecule has 0 unspecified atom stereocenters. The highest BCUT2D eigenvalue weighted by molar-refractivity contribution is 7.08. The fourth-order valence-corrected chi connectivity index (χ4v) is 2.18. The first-order valence-corrected chi connectivity index (χ1v) is 6.53. The summed E-state index contributed by atoms with van der Waals surface area (Å²) in [5.41, 5.74) is 1.08. The van der Waals surface area contributed by atoms with Crippen LogP contribution in [0.2, 0.25) is 5.02 Å².